The molecule has 0 heterocycles. The van der Waals surface area contributed by atoms with Gasteiger partial charge in [-0.15, -0.1) is 0 Å². The lowest BCUT2D eigenvalue weighted by Crippen LogP contribution is -2.47. The number of carbonyl (C=O) groups excluding carboxylic acids is 1. The van der Waals surface area contributed by atoms with E-state index in [2.05, 4.69) is 4.74 Å². The summed E-state index contributed by atoms with van der Waals surface area (Å²) in [6.07, 6.45) is 0.158. The van der Waals surface area contributed by atoms with Gasteiger partial charge in [0.2, 0.25) is 0 Å². The van der Waals surface area contributed by atoms with E-state index in [1.165, 1.54) is 6.92 Å². The van der Waals surface area contributed by atoms with Crippen LogP contribution in [-0.2, 0) is 19.1 Å². The normalized spacial score (nSPS) is 10.8. The molecule has 6 nitrogen and oxygen atoms in total. The van der Waals surface area contributed by atoms with Gasteiger partial charge in [0.1, 0.15) is 0 Å². The number of hydrogen-bond donors (Lipinski definition) is 2. The summed E-state index contributed by atoms with van der Waals surface area (Å²) in [5.74, 6) is -4.61. The Balaban J connectivity index is 5.00. The predicted molar refractivity (Wildman–Crippen MR) is 49.2 cm³/mol. The zero-order chi connectivity index (χ0) is 12.1. The fourth-order valence-electron chi connectivity index (χ4n) is 1.03. The Morgan fingerprint density at radius 1 is 1.13 bits per heavy atom. The summed E-state index contributed by atoms with van der Waals surface area (Å²) in [6.45, 7) is 3.05. The van der Waals surface area contributed by atoms with Crippen LogP contribution in [0.1, 0.15) is 26.7 Å². The van der Waals surface area contributed by atoms with Crippen LogP contribution in [0, 0.1) is 5.41 Å². The first-order valence-corrected chi connectivity index (χ1v) is 4.57. The van der Waals surface area contributed by atoms with E-state index < -0.39 is 23.3 Å². The van der Waals surface area contributed by atoms with Gasteiger partial charge in [0.15, 0.2) is 0 Å². The molecule has 0 saturated heterocycles. The van der Waals surface area contributed by atoms with Crippen molar-refractivity contribution in [1.29, 1.82) is 0 Å². The van der Waals surface area contributed by atoms with Crippen LogP contribution in [-0.4, -0.2) is 34.7 Å². The molecule has 0 atom stereocenters. The first kappa shape index (κ1) is 13.4. The first-order valence-electron chi connectivity index (χ1n) is 4.57. The lowest BCUT2D eigenvalue weighted by Gasteiger charge is -2.20. The molecule has 86 valence electrons. The number of carboxylic acid groups (broad SMARTS) is 2. The Bertz CT molecular complexity index is 256. The lowest BCUT2D eigenvalue weighted by molar-refractivity contribution is -0.179. The largest absolute Gasteiger partial charge is 0.480 e. The Kier molecular flexibility index (Phi) is 4.77. The van der Waals surface area contributed by atoms with Crippen LogP contribution < -0.4 is 0 Å². The minimum absolute atomic E-state index is 0.0150. The average Bonchev–Trinajstić information content (AvgIpc) is 2.15. The van der Waals surface area contributed by atoms with Crippen molar-refractivity contribution < 1.29 is 29.3 Å². The van der Waals surface area contributed by atoms with Crippen molar-refractivity contribution in [2.24, 2.45) is 5.41 Å². The molecule has 0 bridgehead atoms. The summed E-state index contributed by atoms with van der Waals surface area (Å²) in [4.78, 5) is 33.0. The summed E-state index contributed by atoms with van der Waals surface area (Å²) in [5, 5.41) is 17.6. The van der Waals surface area contributed by atoms with Gasteiger partial charge in [-0.2, -0.15) is 0 Å². The molecule has 15 heavy (non-hydrogen) atoms. The van der Waals surface area contributed by atoms with Crippen LogP contribution in [0.2, 0.25) is 0 Å². The number of carboxylic acids is 2. The number of aliphatic carboxylic acids is 2. The summed E-state index contributed by atoms with van der Waals surface area (Å²) in [7, 11) is 0. The number of ether oxygens (including phenoxy) is 1. The minimum Gasteiger partial charge on any atom is -0.480 e. The zero-order valence-corrected chi connectivity index (χ0v) is 8.65. The van der Waals surface area contributed by atoms with Crippen molar-refractivity contribution in [2.75, 3.05) is 6.61 Å². The maximum atomic E-state index is 11.4. The molecule has 0 aromatic heterocycles. The monoisotopic (exact) mass is 218 g/mol. The molecule has 0 saturated carbocycles. The molecule has 0 spiro atoms. The standard InChI is InChI=1S/C9H14O6/c1-3-5-15-8(14)9(4-2,6(10)11)7(12)13/h3-5H2,1-2H3,(H,10,11)(H,12,13). The van der Waals surface area contributed by atoms with Gasteiger partial charge in [-0.05, 0) is 12.8 Å². The van der Waals surface area contributed by atoms with Crippen molar-refractivity contribution in [1.82, 2.24) is 0 Å². The fraction of sp³-hybridized carbons (Fsp3) is 0.667. The van der Waals surface area contributed by atoms with Crippen molar-refractivity contribution in [3.63, 3.8) is 0 Å². The highest BCUT2D eigenvalue weighted by atomic mass is 16.5. The van der Waals surface area contributed by atoms with E-state index in [9.17, 15) is 14.4 Å². The molecule has 6 heteroatoms. The van der Waals surface area contributed by atoms with E-state index in [1.54, 1.807) is 6.92 Å². The van der Waals surface area contributed by atoms with Crippen LogP contribution in [0.15, 0.2) is 0 Å². The second-order valence-corrected chi connectivity index (χ2v) is 3.01. The number of carbonyl (C=O) groups is 3. The van der Waals surface area contributed by atoms with Gasteiger partial charge in [-0.3, -0.25) is 14.4 Å². The second kappa shape index (κ2) is 5.33. The molecule has 0 rings (SSSR count). The summed E-state index contributed by atoms with van der Waals surface area (Å²) >= 11 is 0. The third-order valence-electron chi connectivity index (χ3n) is 2.05. The maximum Gasteiger partial charge on any atom is 0.335 e. The lowest BCUT2D eigenvalue weighted by atomic mass is 9.85. The minimum atomic E-state index is -2.48. The van der Waals surface area contributed by atoms with Crippen molar-refractivity contribution in [3.05, 3.63) is 0 Å². The summed E-state index contributed by atoms with van der Waals surface area (Å²) in [6, 6.07) is 0. The highest BCUT2D eigenvalue weighted by Gasteiger charge is 2.53. The van der Waals surface area contributed by atoms with Gasteiger partial charge >= 0.3 is 17.9 Å². The topological polar surface area (TPSA) is 101 Å². The average molecular weight is 218 g/mol. The van der Waals surface area contributed by atoms with E-state index in [1.807, 2.05) is 0 Å². The SMILES string of the molecule is CCCOC(=O)C(CC)(C(=O)O)C(=O)O. The quantitative estimate of drug-likeness (QED) is 0.497. The first-order chi connectivity index (χ1) is 6.93. The van der Waals surface area contributed by atoms with Gasteiger partial charge in [0, 0.05) is 0 Å². The molecule has 0 aromatic rings. The van der Waals surface area contributed by atoms with Crippen LogP contribution in [0.3, 0.4) is 0 Å². The maximum absolute atomic E-state index is 11.4. The second-order valence-electron chi connectivity index (χ2n) is 3.01. The van der Waals surface area contributed by atoms with Crippen LogP contribution in [0.4, 0.5) is 0 Å². The van der Waals surface area contributed by atoms with E-state index in [4.69, 9.17) is 10.2 Å². The van der Waals surface area contributed by atoms with Gasteiger partial charge in [-0.1, -0.05) is 13.8 Å². The Morgan fingerprint density at radius 2 is 1.60 bits per heavy atom. The van der Waals surface area contributed by atoms with E-state index in [-0.39, 0.29) is 13.0 Å². The molecule has 0 radical (unpaired) electrons. The van der Waals surface area contributed by atoms with Crippen molar-refractivity contribution in [2.45, 2.75) is 26.7 Å². The molecular weight excluding hydrogens is 204 g/mol. The molecule has 0 aliphatic heterocycles. The van der Waals surface area contributed by atoms with Gasteiger partial charge in [0.25, 0.3) is 5.41 Å². The van der Waals surface area contributed by atoms with Crippen LogP contribution in [0.25, 0.3) is 0 Å². The molecule has 0 aliphatic carbocycles. The fourth-order valence-corrected chi connectivity index (χ4v) is 1.03. The smallest absolute Gasteiger partial charge is 0.335 e. The molecular formula is C9H14O6. The van der Waals surface area contributed by atoms with Crippen LogP contribution in [0.5, 0.6) is 0 Å². The van der Waals surface area contributed by atoms with E-state index >= 15 is 0 Å². The molecule has 0 aromatic carbocycles. The number of hydrogen-bond acceptors (Lipinski definition) is 4. The number of esters is 1. The van der Waals surface area contributed by atoms with Gasteiger partial charge in [-0.25, -0.2) is 0 Å². The van der Waals surface area contributed by atoms with Gasteiger partial charge in [0.05, 0.1) is 6.61 Å². The molecule has 0 aliphatic rings. The van der Waals surface area contributed by atoms with Gasteiger partial charge < -0.3 is 14.9 Å². The van der Waals surface area contributed by atoms with E-state index in [0.717, 1.165) is 0 Å². The highest BCUT2D eigenvalue weighted by Crippen LogP contribution is 2.25. The summed E-state index contributed by atoms with van der Waals surface area (Å²) in [5.41, 5.74) is -2.48. The Hall–Kier alpha value is -1.59. The number of rotatable bonds is 6. The predicted octanol–water partition coefficient (Wildman–Crippen LogP) is 0.505. The van der Waals surface area contributed by atoms with Crippen LogP contribution >= 0.6 is 0 Å². The van der Waals surface area contributed by atoms with E-state index in [0.29, 0.717) is 6.42 Å². The van der Waals surface area contributed by atoms with Crippen molar-refractivity contribution >= 4 is 17.9 Å². The highest BCUT2D eigenvalue weighted by molar-refractivity contribution is 6.16. The third-order valence-corrected chi connectivity index (χ3v) is 2.05. The Labute approximate surface area is 86.8 Å². The van der Waals surface area contributed by atoms with Crippen molar-refractivity contribution in [3.8, 4) is 0 Å². The molecule has 0 unspecified atom stereocenters. The summed E-state index contributed by atoms with van der Waals surface area (Å²) < 4.78 is 4.57. The molecule has 0 fully saturated rings. The molecule has 2 N–H and O–H groups in total. The molecule has 0 amide bonds. The third kappa shape index (κ3) is 2.45. The Morgan fingerprint density at radius 3 is 1.87 bits per heavy atom. The zero-order valence-electron chi connectivity index (χ0n) is 8.65.